The molecule has 0 unspecified atom stereocenters. The zero-order valence-corrected chi connectivity index (χ0v) is 11.9. The van der Waals surface area contributed by atoms with Crippen LogP contribution in [0.25, 0.3) is 0 Å². The van der Waals surface area contributed by atoms with E-state index in [0.29, 0.717) is 39.2 Å². The Morgan fingerprint density at radius 3 is 2.85 bits per heavy atom. The van der Waals surface area contributed by atoms with Crippen molar-refractivity contribution in [3.63, 3.8) is 0 Å². The Balaban J connectivity index is 2.08. The van der Waals surface area contributed by atoms with Gasteiger partial charge >= 0.3 is 0 Å². The van der Waals surface area contributed by atoms with E-state index < -0.39 is 5.41 Å². The fourth-order valence-corrected chi connectivity index (χ4v) is 2.46. The van der Waals surface area contributed by atoms with Gasteiger partial charge in [0, 0.05) is 32.6 Å². The van der Waals surface area contributed by atoms with Crippen LogP contribution in [-0.2, 0) is 20.9 Å². The van der Waals surface area contributed by atoms with Gasteiger partial charge < -0.3 is 20.5 Å². The van der Waals surface area contributed by atoms with E-state index in [2.05, 4.69) is 5.32 Å². The fourth-order valence-electron chi connectivity index (χ4n) is 2.46. The molecule has 0 spiro atoms. The number of nitrogens with two attached hydrogens (primary N) is 1. The molecule has 2 rings (SSSR count). The summed E-state index contributed by atoms with van der Waals surface area (Å²) in [4.78, 5) is 12.5. The lowest BCUT2D eigenvalue weighted by Gasteiger charge is -2.34. The van der Waals surface area contributed by atoms with Crippen LogP contribution in [0, 0.1) is 5.41 Å². The molecule has 1 aromatic rings. The van der Waals surface area contributed by atoms with Gasteiger partial charge in [-0.05, 0) is 30.5 Å². The summed E-state index contributed by atoms with van der Waals surface area (Å²) in [5.74, 6) is -0.0159. The molecule has 1 aliphatic heterocycles. The minimum absolute atomic E-state index is 0.0159. The van der Waals surface area contributed by atoms with Crippen molar-refractivity contribution in [2.45, 2.75) is 19.4 Å². The van der Waals surface area contributed by atoms with E-state index in [1.165, 1.54) is 0 Å². The number of anilines is 1. The lowest BCUT2D eigenvalue weighted by Crippen LogP contribution is -2.46. The van der Waals surface area contributed by atoms with Crippen molar-refractivity contribution in [1.29, 1.82) is 0 Å². The second kappa shape index (κ2) is 6.83. The number of hydrogen-bond acceptors (Lipinski definition) is 4. The summed E-state index contributed by atoms with van der Waals surface area (Å²) >= 11 is 0. The Bertz CT molecular complexity index is 456. The number of benzene rings is 1. The first-order chi connectivity index (χ1) is 9.70. The quantitative estimate of drug-likeness (QED) is 0.856. The van der Waals surface area contributed by atoms with E-state index >= 15 is 0 Å². The zero-order chi connectivity index (χ0) is 14.4. The van der Waals surface area contributed by atoms with Crippen molar-refractivity contribution < 1.29 is 14.3 Å². The molecule has 5 nitrogen and oxygen atoms in total. The van der Waals surface area contributed by atoms with Gasteiger partial charge in [0.05, 0.1) is 12.0 Å². The number of amides is 1. The minimum atomic E-state index is -0.504. The maximum absolute atomic E-state index is 12.5. The molecule has 1 heterocycles. The van der Waals surface area contributed by atoms with Crippen LogP contribution in [0.1, 0.15) is 18.4 Å². The second-order valence-corrected chi connectivity index (χ2v) is 5.18. The molecular formula is C15H22N2O3. The summed E-state index contributed by atoms with van der Waals surface area (Å²) in [6.45, 7) is 2.06. The van der Waals surface area contributed by atoms with Gasteiger partial charge in [-0.15, -0.1) is 0 Å². The van der Waals surface area contributed by atoms with Crippen molar-refractivity contribution >= 4 is 11.6 Å². The highest BCUT2D eigenvalue weighted by Crippen LogP contribution is 2.31. The Morgan fingerprint density at radius 1 is 1.45 bits per heavy atom. The highest BCUT2D eigenvalue weighted by atomic mass is 16.5. The average molecular weight is 278 g/mol. The van der Waals surface area contributed by atoms with Crippen molar-refractivity contribution in [1.82, 2.24) is 0 Å². The predicted octanol–water partition coefficient (Wildman–Crippen LogP) is 1.53. The first-order valence-electron chi connectivity index (χ1n) is 6.87. The number of nitrogens with one attached hydrogen (secondary N) is 1. The third kappa shape index (κ3) is 3.36. The number of carbonyl (C=O) groups excluding carboxylic acids is 1. The van der Waals surface area contributed by atoms with E-state index in [9.17, 15) is 4.79 Å². The lowest BCUT2D eigenvalue weighted by molar-refractivity contribution is -0.130. The average Bonchev–Trinajstić information content (AvgIpc) is 2.48. The Morgan fingerprint density at radius 2 is 2.20 bits per heavy atom. The molecule has 0 saturated carbocycles. The molecule has 5 heteroatoms. The summed E-state index contributed by atoms with van der Waals surface area (Å²) in [6, 6.07) is 7.67. The molecule has 1 amide bonds. The summed E-state index contributed by atoms with van der Waals surface area (Å²) in [5.41, 5.74) is 7.14. The van der Waals surface area contributed by atoms with Gasteiger partial charge in [0.2, 0.25) is 5.91 Å². The molecule has 1 aromatic carbocycles. The van der Waals surface area contributed by atoms with Crippen LogP contribution in [0.3, 0.4) is 0 Å². The maximum atomic E-state index is 12.5. The molecule has 110 valence electrons. The highest BCUT2D eigenvalue weighted by molar-refractivity contribution is 5.95. The number of hydrogen-bond donors (Lipinski definition) is 2. The summed E-state index contributed by atoms with van der Waals surface area (Å²) < 4.78 is 10.4. The van der Waals surface area contributed by atoms with E-state index in [4.69, 9.17) is 15.2 Å². The molecule has 0 aliphatic carbocycles. The monoisotopic (exact) mass is 278 g/mol. The molecule has 1 aliphatic rings. The summed E-state index contributed by atoms with van der Waals surface area (Å²) in [7, 11) is 1.65. The van der Waals surface area contributed by atoms with Gasteiger partial charge in [0.1, 0.15) is 0 Å². The van der Waals surface area contributed by atoms with E-state index in [0.717, 1.165) is 11.3 Å². The lowest BCUT2D eigenvalue weighted by atomic mass is 9.79. The van der Waals surface area contributed by atoms with Crippen LogP contribution in [0.5, 0.6) is 0 Å². The van der Waals surface area contributed by atoms with Crippen LogP contribution >= 0.6 is 0 Å². The molecular weight excluding hydrogens is 256 g/mol. The van der Waals surface area contributed by atoms with Gasteiger partial charge in [-0.3, -0.25) is 4.79 Å². The normalized spacial score (nSPS) is 17.7. The summed E-state index contributed by atoms with van der Waals surface area (Å²) in [6.07, 6.45) is 1.35. The van der Waals surface area contributed by atoms with Crippen molar-refractivity contribution in [2.75, 3.05) is 32.2 Å². The predicted molar refractivity (Wildman–Crippen MR) is 77.3 cm³/mol. The fraction of sp³-hybridized carbons (Fsp3) is 0.533. The van der Waals surface area contributed by atoms with Crippen molar-refractivity contribution in [3.05, 3.63) is 29.8 Å². The number of ether oxygens (including phenoxy) is 2. The Kier molecular flexibility index (Phi) is 5.11. The Hall–Kier alpha value is -1.43. The largest absolute Gasteiger partial charge is 0.381 e. The van der Waals surface area contributed by atoms with Crippen LogP contribution < -0.4 is 11.1 Å². The van der Waals surface area contributed by atoms with Crippen LogP contribution in [0.15, 0.2) is 24.3 Å². The van der Waals surface area contributed by atoms with Gasteiger partial charge in [-0.1, -0.05) is 12.1 Å². The van der Waals surface area contributed by atoms with Gasteiger partial charge in [-0.25, -0.2) is 0 Å². The van der Waals surface area contributed by atoms with Crippen molar-refractivity contribution in [2.24, 2.45) is 11.1 Å². The molecule has 0 bridgehead atoms. The molecule has 3 N–H and O–H groups in total. The minimum Gasteiger partial charge on any atom is -0.381 e. The van der Waals surface area contributed by atoms with Crippen LogP contribution in [0.2, 0.25) is 0 Å². The molecule has 1 fully saturated rings. The van der Waals surface area contributed by atoms with Gasteiger partial charge in [0.15, 0.2) is 0 Å². The zero-order valence-electron chi connectivity index (χ0n) is 11.9. The molecule has 0 atom stereocenters. The first-order valence-corrected chi connectivity index (χ1v) is 6.87. The van der Waals surface area contributed by atoms with Crippen LogP contribution in [0.4, 0.5) is 5.69 Å². The smallest absolute Gasteiger partial charge is 0.232 e. The second-order valence-electron chi connectivity index (χ2n) is 5.18. The molecule has 1 saturated heterocycles. The van der Waals surface area contributed by atoms with E-state index in [-0.39, 0.29) is 5.91 Å². The number of rotatable bonds is 5. The molecule has 0 radical (unpaired) electrons. The first kappa shape index (κ1) is 15.0. The SMILES string of the molecule is COCc1cccc(NC(=O)C2(CN)CCOCC2)c1. The number of carbonyl (C=O) groups is 1. The standard InChI is InChI=1S/C15H22N2O3/c1-19-10-12-3-2-4-13(9-12)17-14(18)15(11-16)5-7-20-8-6-15/h2-4,9H,5-8,10-11,16H2,1H3,(H,17,18). The van der Waals surface area contributed by atoms with Gasteiger partial charge in [-0.2, -0.15) is 0 Å². The third-order valence-corrected chi connectivity index (χ3v) is 3.82. The van der Waals surface area contributed by atoms with E-state index in [1.807, 2.05) is 24.3 Å². The maximum Gasteiger partial charge on any atom is 0.232 e. The Labute approximate surface area is 119 Å². The highest BCUT2D eigenvalue weighted by Gasteiger charge is 2.38. The number of methoxy groups -OCH3 is 1. The van der Waals surface area contributed by atoms with Gasteiger partial charge in [0.25, 0.3) is 0 Å². The van der Waals surface area contributed by atoms with Crippen molar-refractivity contribution in [3.8, 4) is 0 Å². The molecule has 20 heavy (non-hydrogen) atoms. The molecule has 0 aromatic heterocycles. The van der Waals surface area contributed by atoms with Crippen LogP contribution in [-0.4, -0.2) is 32.8 Å². The van der Waals surface area contributed by atoms with E-state index in [1.54, 1.807) is 7.11 Å². The topological polar surface area (TPSA) is 73.6 Å². The summed E-state index contributed by atoms with van der Waals surface area (Å²) in [5, 5.41) is 2.97. The third-order valence-electron chi connectivity index (χ3n) is 3.82.